The van der Waals surface area contributed by atoms with E-state index in [0.717, 1.165) is 12.1 Å². The van der Waals surface area contributed by atoms with Crippen molar-refractivity contribution in [3.05, 3.63) is 58.4 Å². The molecule has 3 heteroatoms. The van der Waals surface area contributed by atoms with E-state index in [2.05, 4.69) is 49.0 Å². The van der Waals surface area contributed by atoms with Crippen molar-refractivity contribution in [3.8, 4) is 0 Å². The predicted molar refractivity (Wildman–Crippen MR) is 77.3 cm³/mol. The highest BCUT2D eigenvalue weighted by Gasteiger charge is 2.06. The number of rotatable bonds is 3. The standard InChI is InChI=1S/C15H17ClN2/c1-11-7-12(2)9-14(8-11)18(3)10-13-5-4-6-17-15(13)16/h4-9H,10H2,1-3H3. The van der Waals surface area contributed by atoms with Gasteiger partial charge < -0.3 is 4.90 Å². The maximum absolute atomic E-state index is 6.08. The Balaban J connectivity index is 2.22. The molecule has 2 nitrogen and oxygen atoms in total. The number of nitrogens with zero attached hydrogens (tertiary/aromatic N) is 2. The second-order valence-electron chi connectivity index (χ2n) is 4.66. The summed E-state index contributed by atoms with van der Waals surface area (Å²) in [4.78, 5) is 6.28. The first-order chi connectivity index (χ1) is 8.56. The number of anilines is 1. The Hall–Kier alpha value is -1.54. The Morgan fingerprint density at radius 3 is 2.44 bits per heavy atom. The van der Waals surface area contributed by atoms with Crippen LogP contribution in [0.2, 0.25) is 5.15 Å². The Morgan fingerprint density at radius 1 is 1.17 bits per heavy atom. The molecule has 1 aromatic heterocycles. The third-order valence-corrected chi connectivity index (χ3v) is 3.23. The second-order valence-corrected chi connectivity index (χ2v) is 5.01. The molecule has 2 rings (SSSR count). The minimum atomic E-state index is 0.578. The highest BCUT2D eigenvalue weighted by molar-refractivity contribution is 6.30. The van der Waals surface area contributed by atoms with E-state index in [1.54, 1.807) is 6.20 Å². The van der Waals surface area contributed by atoms with Gasteiger partial charge in [-0.05, 0) is 43.2 Å². The fourth-order valence-electron chi connectivity index (χ4n) is 2.06. The third kappa shape index (κ3) is 3.02. The van der Waals surface area contributed by atoms with E-state index in [0.29, 0.717) is 5.15 Å². The first-order valence-electron chi connectivity index (χ1n) is 5.95. The summed E-state index contributed by atoms with van der Waals surface area (Å²) in [5, 5.41) is 0.578. The van der Waals surface area contributed by atoms with Gasteiger partial charge in [0.05, 0.1) is 0 Å². The van der Waals surface area contributed by atoms with Crippen molar-refractivity contribution in [2.75, 3.05) is 11.9 Å². The van der Waals surface area contributed by atoms with Crippen molar-refractivity contribution in [2.45, 2.75) is 20.4 Å². The monoisotopic (exact) mass is 260 g/mol. The molecule has 0 atom stereocenters. The van der Waals surface area contributed by atoms with Crippen LogP contribution in [0.4, 0.5) is 5.69 Å². The fourth-order valence-corrected chi connectivity index (χ4v) is 2.23. The van der Waals surface area contributed by atoms with Crippen molar-refractivity contribution in [3.63, 3.8) is 0 Å². The van der Waals surface area contributed by atoms with Crippen LogP contribution in [0.25, 0.3) is 0 Å². The summed E-state index contributed by atoms with van der Waals surface area (Å²) >= 11 is 6.08. The lowest BCUT2D eigenvalue weighted by Crippen LogP contribution is -2.17. The summed E-state index contributed by atoms with van der Waals surface area (Å²) in [5.41, 5.74) is 4.79. The largest absolute Gasteiger partial charge is 0.370 e. The Kier molecular flexibility index (Phi) is 3.87. The van der Waals surface area contributed by atoms with Gasteiger partial charge in [0.2, 0.25) is 0 Å². The molecule has 0 aliphatic carbocycles. The molecular weight excluding hydrogens is 244 g/mol. The first-order valence-corrected chi connectivity index (χ1v) is 6.33. The van der Waals surface area contributed by atoms with E-state index >= 15 is 0 Å². The van der Waals surface area contributed by atoms with Crippen LogP contribution < -0.4 is 4.90 Å². The van der Waals surface area contributed by atoms with Gasteiger partial charge in [-0.15, -0.1) is 0 Å². The molecule has 2 aromatic rings. The van der Waals surface area contributed by atoms with Gasteiger partial charge in [-0.25, -0.2) is 4.98 Å². The van der Waals surface area contributed by atoms with E-state index < -0.39 is 0 Å². The van der Waals surface area contributed by atoms with Crippen LogP contribution in [0.5, 0.6) is 0 Å². The van der Waals surface area contributed by atoms with Crippen LogP contribution in [-0.2, 0) is 6.54 Å². The van der Waals surface area contributed by atoms with Gasteiger partial charge in [0.25, 0.3) is 0 Å². The molecule has 0 N–H and O–H groups in total. The van der Waals surface area contributed by atoms with E-state index in [4.69, 9.17) is 11.6 Å². The lowest BCUT2D eigenvalue weighted by molar-refractivity contribution is 0.913. The molecule has 94 valence electrons. The van der Waals surface area contributed by atoms with Crippen molar-refractivity contribution in [2.24, 2.45) is 0 Å². The summed E-state index contributed by atoms with van der Waals surface area (Å²) in [5.74, 6) is 0. The van der Waals surface area contributed by atoms with Gasteiger partial charge in [0, 0.05) is 31.0 Å². The van der Waals surface area contributed by atoms with Crippen LogP contribution in [0, 0.1) is 13.8 Å². The maximum Gasteiger partial charge on any atom is 0.133 e. The molecule has 18 heavy (non-hydrogen) atoms. The minimum Gasteiger partial charge on any atom is -0.370 e. The smallest absolute Gasteiger partial charge is 0.133 e. The summed E-state index contributed by atoms with van der Waals surface area (Å²) in [6, 6.07) is 10.5. The zero-order chi connectivity index (χ0) is 13.1. The number of halogens is 1. The molecule has 1 heterocycles. The minimum absolute atomic E-state index is 0.578. The molecule has 0 bridgehead atoms. The third-order valence-electron chi connectivity index (χ3n) is 2.89. The van der Waals surface area contributed by atoms with E-state index in [1.807, 2.05) is 12.1 Å². The zero-order valence-corrected chi connectivity index (χ0v) is 11.7. The average Bonchev–Trinajstić information content (AvgIpc) is 2.31. The molecule has 0 unspecified atom stereocenters. The van der Waals surface area contributed by atoms with Crippen LogP contribution in [0.3, 0.4) is 0 Å². The molecule has 0 saturated carbocycles. The van der Waals surface area contributed by atoms with Gasteiger partial charge in [-0.2, -0.15) is 0 Å². The molecule has 0 aliphatic rings. The van der Waals surface area contributed by atoms with Crippen molar-refractivity contribution < 1.29 is 0 Å². The van der Waals surface area contributed by atoms with Gasteiger partial charge in [-0.3, -0.25) is 0 Å². The highest BCUT2D eigenvalue weighted by atomic mass is 35.5. The number of aryl methyl sites for hydroxylation is 2. The van der Waals surface area contributed by atoms with Gasteiger partial charge in [0.1, 0.15) is 5.15 Å². The normalized spacial score (nSPS) is 10.4. The molecule has 0 aliphatic heterocycles. The van der Waals surface area contributed by atoms with Crippen molar-refractivity contribution >= 4 is 17.3 Å². The lowest BCUT2D eigenvalue weighted by atomic mass is 10.1. The van der Waals surface area contributed by atoms with E-state index in [-0.39, 0.29) is 0 Å². The summed E-state index contributed by atoms with van der Waals surface area (Å²) in [6.07, 6.45) is 1.71. The van der Waals surface area contributed by atoms with Crippen LogP contribution in [0.15, 0.2) is 36.5 Å². The van der Waals surface area contributed by atoms with Crippen molar-refractivity contribution in [1.82, 2.24) is 4.98 Å². The molecule has 0 saturated heterocycles. The summed E-state index contributed by atoms with van der Waals surface area (Å²) in [6.45, 7) is 4.98. The SMILES string of the molecule is Cc1cc(C)cc(N(C)Cc2cccnc2Cl)c1. The summed E-state index contributed by atoms with van der Waals surface area (Å²) in [7, 11) is 2.07. The van der Waals surface area contributed by atoms with Crippen molar-refractivity contribution in [1.29, 1.82) is 0 Å². The second kappa shape index (κ2) is 5.40. The number of hydrogen-bond acceptors (Lipinski definition) is 2. The number of aromatic nitrogens is 1. The van der Waals surface area contributed by atoms with Crippen LogP contribution in [-0.4, -0.2) is 12.0 Å². The maximum atomic E-state index is 6.08. The molecular formula is C15H17ClN2. The lowest BCUT2D eigenvalue weighted by Gasteiger charge is -2.21. The zero-order valence-electron chi connectivity index (χ0n) is 10.9. The number of benzene rings is 1. The van der Waals surface area contributed by atoms with Gasteiger partial charge in [-0.1, -0.05) is 23.7 Å². The van der Waals surface area contributed by atoms with E-state index in [9.17, 15) is 0 Å². The predicted octanol–water partition coefficient (Wildman–Crippen LogP) is 3.99. The fraction of sp³-hybridized carbons (Fsp3) is 0.267. The van der Waals surface area contributed by atoms with Gasteiger partial charge in [0.15, 0.2) is 0 Å². The van der Waals surface area contributed by atoms with Gasteiger partial charge >= 0.3 is 0 Å². The molecule has 0 amide bonds. The molecule has 0 radical (unpaired) electrons. The Labute approximate surface area is 113 Å². The molecule has 0 fully saturated rings. The average molecular weight is 261 g/mol. The highest BCUT2D eigenvalue weighted by Crippen LogP contribution is 2.21. The number of pyridine rings is 1. The number of hydrogen-bond donors (Lipinski definition) is 0. The topological polar surface area (TPSA) is 16.1 Å². The summed E-state index contributed by atoms with van der Waals surface area (Å²) < 4.78 is 0. The van der Waals surface area contributed by atoms with Crippen LogP contribution in [0.1, 0.15) is 16.7 Å². The quantitative estimate of drug-likeness (QED) is 0.776. The first kappa shape index (κ1) is 12.9. The Bertz CT molecular complexity index is 532. The van der Waals surface area contributed by atoms with Crippen LogP contribution >= 0.6 is 11.6 Å². The Morgan fingerprint density at radius 2 is 1.83 bits per heavy atom. The molecule has 0 spiro atoms. The van der Waals surface area contributed by atoms with E-state index in [1.165, 1.54) is 16.8 Å². The molecule has 1 aromatic carbocycles.